The molecule has 5 heteroatoms. The van der Waals surface area contributed by atoms with Crippen LogP contribution in [0.15, 0.2) is 41.6 Å². The lowest BCUT2D eigenvalue weighted by atomic mass is 10.2. The van der Waals surface area contributed by atoms with Gasteiger partial charge in [0.15, 0.2) is 0 Å². The SMILES string of the molecule is Cc1c(C=S)ccnc1SCc1nc2ccccc2[nH]1. The fourth-order valence-electron chi connectivity index (χ4n) is 2.01. The topological polar surface area (TPSA) is 41.6 Å². The average Bonchev–Trinajstić information content (AvgIpc) is 2.89. The van der Waals surface area contributed by atoms with Crippen molar-refractivity contribution in [1.82, 2.24) is 15.0 Å². The zero-order chi connectivity index (χ0) is 13.9. The molecule has 3 nitrogen and oxygen atoms in total. The summed E-state index contributed by atoms with van der Waals surface area (Å²) in [6.07, 6.45) is 1.80. The first-order chi connectivity index (χ1) is 9.78. The molecule has 0 bridgehead atoms. The van der Waals surface area contributed by atoms with E-state index >= 15 is 0 Å². The van der Waals surface area contributed by atoms with Gasteiger partial charge >= 0.3 is 0 Å². The molecule has 0 saturated heterocycles. The van der Waals surface area contributed by atoms with Crippen molar-refractivity contribution in [2.45, 2.75) is 17.7 Å². The van der Waals surface area contributed by atoms with Crippen LogP contribution in [-0.2, 0) is 5.75 Å². The van der Waals surface area contributed by atoms with Gasteiger partial charge in [0.25, 0.3) is 0 Å². The summed E-state index contributed by atoms with van der Waals surface area (Å²) in [5, 5.41) is 2.70. The third kappa shape index (κ3) is 2.59. The van der Waals surface area contributed by atoms with E-state index in [1.807, 2.05) is 37.3 Å². The monoisotopic (exact) mass is 299 g/mol. The van der Waals surface area contributed by atoms with Gasteiger partial charge in [0, 0.05) is 11.6 Å². The summed E-state index contributed by atoms with van der Waals surface area (Å²) in [4.78, 5) is 12.3. The number of aromatic nitrogens is 3. The van der Waals surface area contributed by atoms with Crippen molar-refractivity contribution in [1.29, 1.82) is 0 Å². The number of rotatable bonds is 4. The highest BCUT2D eigenvalue weighted by atomic mass is 32.2. The summed E-state index contributed by atoms with van der Waals surface area (Å²) in [6, 6.07) is 9.98. The third-order valence-electron chi connectivity index (χ3n) is 3.11. The number of para-hydroxylation sites is 2. The Bertz CT molecular complexity index is 732. The second-order valence-corrected chi connectivity index (χ2v) is 5.64. The van der Waals surface area contributed by atoms with E-state index in [1.165, 1.54) is 0 Å². The maximum absolute atomic E-state index is 5.01. The Labute approximate surface area is 126 Å². The number of nitrogens with one attached hydrogen (secondary N) is 1. The molecule has 2 aromatic heterocycles. The number of aromatic amines is 1. The van der Waals surface area contributed by atoms with Gasteiger partial charge in [-0.15, -0.1) is 0 Å². The molecule has 3 aromatic rings. The van der Waals surface area contributed by atoms with E-state index in [4.69, 9.17) is 12.2 Å². The summed E-state index contributed by atoms with van der Waals surface area (Å²) in [7, 11) is 0. The van der Waals surface area contributed by atoms with Crippen LogP contribution in [0.4, 0.5) is 0 Å². The van der Waals surface area contributed by atoms with Crippen molar-refractivity contribution < 1.29 is 0 Å². The number of H-pyrrole nitrogens is 1. The van der Waals surface area contributed by atoms with Crippen LogP contribution in [0, 0.1) is 6.92 Å². The van der Waals surface area contributed by atoms with Crippen LogP contribution >= 0.6 is 24.0 Å². The molecule has 1 aromatic carbocycles. The van der Waals surface area contributed by atoms with Crippen LogP contribution in [0.5, 0.6) is 0 Å². The smallest absolute Gasteiger partial charge is 0.117 e. The minimum Gasteiger partial charge on any atom is -0.341 e. The molecule has 0 aliphatic heterocycles. The first-order valence-electron chi connectivity index (χ1n) is 6.25. The fourth-order valence-corrected chi connectivity index (χ4v) is 3.15. The molecule has 0 aliphatic rings. The Morgan fingerprint density at radius 2 is 2.15 bits per heavy atom. The summed E-state index contributed by atoms with van der Waals surface area (Å²) in [6.45, 7) is 2.05. The van der Waals surface area contributed by atoms with E-state index in [2.05, 4.69) is 15.0 Å². The molecule has 0 saturated carbocycles. The van der Waals surface area contributed by atoms with Gasteiger partial charge in [-0.3, -0.25) is 0 Å². The first kappa shape index (κ1) is 13.3. The number of pyridine rings is 1. The normalized spacial score (nSPS) is 10.8. The van der Waals surface area contributed by atoms with Gasteiger partial charge < -0.3 is 4.98 Å². The van der Waals surface area contributed by atoms with Crippen molar-refractivity contribution in [2.75, 3.05) is 0 Å². The molecule has 0 spiro atoms. The zero-order valence-electron chi connectivity index (χ0n) is 11.0. The molecule has 0 unspecified atom stereocenters. The minimum absolute atomic E-state index is 0.767. The highest BCUT2D eigenvalue weighted by Crippen LogP contribution is 2.25. The van der Waals surface area contributed by atoms with Crippen LogP contribution in [-0.4, -0.2) is 20.3 Å². The molecule has 100 valence electrons. The Kier molecular flexibility index (Phi) is 3.80. The van der Waals surface area contributed by atoms with E-state index in [1.54, 1.807) is 23.3 Å². The minimum atomic E-state index is 0.767. The van der Waals surface area contributed by atoms with Gasteiger partial charge in [-0.05, 0) is 36.2 Å². The Morgan fingerprint density at radius 1 is 1.30 bits per heavy atom. The number of thioether (sulfide) groups is 1. The quantitative estimate of drug-likeness (QED) is 0.586. The lowest BCUT2D eigenvalue weighted by Gasteiger charge is -2.05. The largest absolute Gasteiger partial charge is 0.341 e. The van der Waals surface area contributed by atoms with Gasteiger partial charge in [-0.1, -0.05) is 36.1 Å². The van der Waals surface area contributed by atoms with Gasteiger partial charge in [-0.25, -0.2) is 9.97 Å². The Morgan fingerprint density at radius 3 is 2.95 bits per heavy atom. The molecule has 0 atom stereocenters. The van der Waals surface area contributed by atoms with E-state index in [0.29, 0.717) is 0 Å². The van der Waals surface area contributed by atoms with Crippen LogP contribution in [0.2, 0.25) is 0 Å². The van der Waals surface area contributed by atoms with Crippen LogP contribution in [0.25, 0.3) is 11.0 Å². The number of nitrogens with zero attached hydrogens (tertiary/aromatic N) is 2. The molecule has 20 heavy (non-hydrogen) atoms. The predicted octanol–water partition coefficient (Wildman–Crippen LogP) is 3.91. The number of hydrogen-bond donors (Lipinski definition) is 1. The fraction of sp³-hybridized carbons (Fsp3) is 0.133. The van der Waals surface area contributed by atoms with Crippen molar-refractivity contribution in [3.8, 4) is 0 Å². The molecule has 2 heterocycles. The van der Waals surface area contributed by atoms with Gasteiger partial charge in [-0.2, -0.15) is 0 Å². The molecule has 0 fully saturated rings. The second-order valence-electron chi connectivity index (χ2n) is 4.44. The Balaban J connectivity index is 1.81. The second kappa shape index (κ2) is 5.73. The molecular weight excluding hydrogens is 286 g/mol. The average molecular weight is 299 g/mol. The van der Waals surface area contributed by atoms with Gasteiger partial charge in [0.1, 0.15) is 5.82 Å². The van der Waals surface area contributed by atoms with Crippen molar-refractivity contribution in [3.05, 3.63) is 53.5 Å². The lowest BCUT2D eigenvalue weighted by molar-refractivity contribution is 1.06. The molecule has 0 radical (unpaired) electrons. The predicted molar refractivity (Wildman–Crippen MR) is 87.4 cm³/mol. The van der Waals surface area contributed by atoms with E-state index in [-0.39, 0.29) is 0 Å². The van der Waals surface area contributed by atoms with Crippen LogP contribution < -0.4 is 0 Å². The van der Waals surface area contributed by atoms with E-state index < -0.39 is 0 Å². The lowest BCUT2D eigenvalue weighted by Crippen LogP contribution is -1.93. The molecule has 0 aliphatic carbocycles. The molecular formula is C15H13N3S2. The molecule has 0 amide bonds. The van der Waals surface area contributed by atoms with Crippen LogP contribution in [0.1, 0.15) is 17.0 Å². The number of thiocarbonyl (C=S) groups is 1. The summed E-state index contributed by atoms with van der Waals surface area (Å²) in [5.74, 6) is 1.73. The maximum Gasteiger partial charge on any atom is 0.117 e. The van der Waals surface area contributed by atoms with Crippen LogP contribution in [0.3, 0.4) is 0 Å². The first-order valence-corrected chi connectivity index (χ1v) is 7.71. The Hall–Kier alpha value is -1.72. The molecule has 3 rings (SSSR count). The summed E-state index contributed by atoms with van der Waals surface area (Å²) in [5.41, 5.74) is 4.26. The highest BCUT2D eigenvalue weighted by molar-refractivity contribution is 7.98. The summed E-state index contributed by atoms with van der Waals surface area (Å²) < 4.78 is 0. The number of benzene rings is 1. The third-order valence-corrected chi connectivity index (χ3v) is 4.47. The van der Waals surface area contributed by atoms with E-state index in [9.17, 15) is 0 Å². The van der Waals surface area contributed by atoms with Crippen molar-refractivity contribution >= 4 is 40.4 Å². The molecule has 1 N–H and O–H groups in total. The number of hydrogen-bond acceptors (Lipinski definition) is 4. The standard InChI is InChI=1S/C15H13N3S2/c1-10-11(8-19)6-7-16-15(10)20-9-14-17-12-4-2-3-5-13(12)18-14/h2-8H,9H2,1H3,(H,17,18). The van der Waals surface area contributed by atoms with Crippen molar-refractivity contribution in [3.63, 3.8) is 0 Å². The van der Waals surface area contributed by atoms with Gasteiger partial charge in [0.05, 0.1) is 21.8 Å². The highest BCUT2D eigenvalue weighted by Gasteiger charge is 2.07. The summed E-state index contributed by atoms with van der Waals surface area (Å²) >= 11 is 6.68. The van der Waals surface area contributed by atoms with Crippen molar-refractivity contribution in [2.24, 2.45) is 0 Å². The van der Waals surface area contributed by atoms with Gasteiger partial charge in [0.2, 0.25) is 0 Å². The van der Waals surface area contributed by atoms with E-state index in [0.717, 1.165) is 38.8 Å². The zero-order valence-corrected chi connectivity index (χ0v) is 12.6. The maximum atomic E-state index is 5.01. The number of imidazole rings is 1. The number of fused-ring (bicyclic) bond motifs is 1.